The standard InChI is InChI=1S/C28H32N2O3/c1-21(2)28(32)30(20-24-14-16-25(33-3)17-15-24)26(18-22-10-6-4-7-11-22)27(31)29-19-23-12-8-5-9-13-23/h4-17,21,26H,18-20H2,1-3H3,(H,29,31). The number of amides is 2. The lowest BCUT2D eigenvalue weighted by molar-refractivity contribution is -0.143. The average molecular weight is 445 g/mol. The van der Waals surface area contributed by atoms with Gasteiger partial charge >= 0.3 is 0 Å². The molecule has 0 radical (unpaired) electrons. The number of carbonyl (C=O) groups is 2. The molecule has 1 atom stereocenters. The highest BCUT2D eigenvalue weighted by Gasteiger charge is 2.31. The molecule has 0 aliphatic carbocycles. The molecule has 5 heteroatoms. The molecule has 0 saturated carbocycles. The third-order valence-corrected chi connectivity index (χ3v) is 5.55. The van der Waals surface area contributed by atoms with Gasteiger partial charge in [0.05, 0.1) is 7.11 Å². The predicted octanol–water partition coefficient (Wildman–Crippen LogP) is 4.61. The van der Waals surface area contributed by atoms with Crippen molar-refractivity contribution in [2.24, 2.45) is 5.92 Å². The van der Waals surface area contributed by atoms with Crippen LogP contribution >= 0.6 is 0 Å². The van der Waals surface area contributed by atoms with Crippen molar-refractivity contribution in [3.63, 3.8) is 0 Å². The molecule has 1 unspecified atom stereocenters. The largest absolute Gasteiger partial charge is 0.497 e. The fraction of sp³-hybridized carbons (Fsp3) is 0.286. The predicted molar refractivity (Wildman–Crippen MR) is 131 cm³/mol. The Morgan fingerprint density at radius 2 is 1.39 bits per heavy atom. The molecule has 0 spiro atoms. The van der Waals surface area contributed by atoms with Crippen molar-refractivity contribution in [2.45, 2.75) is 39.4 Å². The topological polar surface area (TPSA) is 58.6 Å². The van der Waals surface area contributed by atoms with Crippen LogP contribution in [0.4, 0.5) is 0 Å². The van der Waals surface area contributed by atoms with Gasteiger partial charge in [0.15, 0.2) is 0 Å². The zero-order chi connectivity index (χ0) is 23.6. The van der Waals surface area contributed by atoms with E-state index in [1.165, 1.54) is 0 Å². The zero-order valence-electron chi connectivity index (χ0n) is 19.5. The number of rotatable bonds is 10. The number of ether oxygens (including phenoxy) is 1. The molecule has 5 nitrogen and oxygen atoms in total. The molecule has 3 aromatic carbocycles. The van der Waals surface area contributed by atoms with Crippen LogP contribution in [0.2, 0.25) is 0 Å². The molecule has 0 saturated heterocycles. The van der Waals surface area contributed by atoms with Gasteiger partial charge in [-0.3, -0.25) is 9.59 Å². The maximum Gasteiger partial charge on any atom is 0.243 e. The van der Waals surface area contributed by atoms with Crippen LogP contribution in [0.15, 0.2) is 84.9 Å². The van der Waals surface area contributed by atoms with Crippen molar-refractivity contribution < 1.29 is 14.3 Å². The Labute approximate surface area is 196 Å². The Bertz CT molecular complexity index is 1020. The maximum atomic E-state index is 13.5. The van der Waals surface area contributed by atoms with E-state index < -0.39 is 6.04 Å². The van der Waals surface area contributed by atoms with Gasteiger partial charge in [-0.05, 0) is 28.8 Å². The number of methoxy groups -OCH3 is 1. The molecule has 0 bridgehead atoms. The van der Waals surface area contributed by atoms with Gasteiger partial charge in [-0.1, -0.05) is 86.6 Å². The summed E-state index contributed by atoms with van der Waals surface area (Å²) >= 11 is 0. The lowest BCUT2D eigenvalue weighted by atomic mass is 10.0. The quantitative estimate of drug-likeness (QED) is 0.497. The van der Waals surface area contributed by atoms with Gasteiger partial charge in [0.1, 0.15) is 11.8 Å². The highest BCUT2D eigenvalue weighted by Crippen LogP contribution is 2.19. The van der Waals surface area contributed by atoms with Crippen LogP contribution in [0.5, 0.6) is 5.75 Å². The van der Waals surface area contributed by atoms with Gasteiger partial charge in [0.25, 0.3) is 0 Å². The molecule has 0 fully saturated rings. The van der Waals surface area contributed by atoms with E-state index in [0.717, 1.165) is 22.4 Å². The first-order valence-corrected chi connectivity index (χ1v) is 11.3. The monoisotopic (exact) mass is 444 g/mol. The normalized spacial score (nSPS) is 11.6. The van der Waals surface area contributed by atoms with Gasteiger partial charge in [-0.15, -0.1) is 0 Å². The average Bonchev–Trinajstić information content (AvgIpc) is 2.85. The van der Waals surface area contributed by atoms with Gasteiger partial charge in [0, 0.05) is 25.4 Å². The van der Waals surface area contributed by atoms with Crippen LogP contribution in [0.25, 0.3) is 0 Å². The van der Waals surface area contributed by atoms with Crippen LogP contribution < -0.4 is 10.1 Å². The van der Waals surface area contributed by atoms with Crippen LogP contribution in [0.1, 0.15) is 30.5 Å². The first-order chi connectivity index (χ1) is 16.0. The summed E-state index contributed by atoms with van der Waals surface area (Å²) in [6.07, 6.45) is 0.441. The van der Waals surface area contributed by atoms with Crippen molar-refractivity contribution >= 4 is 11.8 Å². The minimum absolute atomic E-state index is 0.0541. The molecule has 1 N–H and O–H groups in total. The third kappa shape index (κ3) is 6.94. The second-order valence-electron chi connectivity index (χ2n) is 8.38. The maximum absolute atomic E-state index is 13.5. The number of hydrogen-bond donors (Lipinski definition) is 1. The number of benzene rings is 3. The van der Waals surface area contributed by atoms with Crippen molar-refractivity contribution in [1.82, 2.24) is 10.2 Å². The summed E-state index contributed by atoms with van der Waals surface area (Å²) in [5, 5.41) is 3.04. The van der Waals surface area contributed by atoms with E-state index in [2.05, 4.69) is 5.32 Å². The van der Waals surface area contributed by atoms with Crippen molar-refractivity contribution in [3.8, 4) is 5.75 Å². The fourth-order valence-electron chi connectivity index (χ4n) is 3.69. The molecule has 3 rings (SSSR count). The highest BCUT2D eigenvalue weighted by atomic mass is 16.5. The van der Waals surface area contributed by atoms with E-state index in [9.17, 15) is 9.59 Å². The second kappa shape index (κ2) is 11.9. The molecule has 0 aliphatic heterocycles. The molecule has 0 aliphatic rings. The molecular weight excluding hydrogens is 412 g/mol. The summed E-state index contributed by atoms with van der Waals surface area (Å²) in [6, 6.07) is 26.6. The highest BCUT2D eigenvalue weighted by molar-refractivity contribution is 5.88. The van der Waals surface area contributed by atoms with Gasteiger partial charge < -0.3 is 15.0 Å². The summed E-state index contributed by atoms with van der Waals surface area (Å²) in [5.74, 6) is 0.303. The number of carbonyl (C=O) groups excluding carboxylic acids is 2. The van der Waals surface area contributed by atoms with Gasteiger partial charge in [-0.2, -0.15) is 0 Å². The molecule has 33 heavy (non-hydrogen) atoms. The first kappa shape index (κ1) is 24.1. The van der Waals surface area contributed by atoms with E-state index in [4.69, 9.17) is 4.74 Å². The Hall–Kier alpha value is -3.60. The minimum atomic E-state index is -0.631. The summed E-state index contributed by atoms with van der Waals surface area (Å²) in [6.45, 7) is 4.49. The lowest BCUT2D eigenvalue weighted by Crippen LogP contribution is -2.51. The van der Waals surface area contributed by atoms with Crippen LogP contribution in [0, 0.1) is 5.92 Å². The Morgan fingerprint density at radius 1 is 0.818 bits per heavy atom. The van der Waals surface area contributed by atoms with Crippen molar-refractivity contribution in [3.05, 3.63) is 102 Å². The van der Waals surface area contributed by atoms with E-state index in [-0.39, 0.29) is 17.7 Å². The number of hydrogen-bond acceptors (Lipinski definition) is 3. The molecule has 0 heterocycles. The van der Waals surface area contributed by atoms with Gasteiger partial charge in [0.2, 0.25) is 11.8 Å². The Balaban J connectivity index is 1.88. The van der Waals surface area contributed by atoms with Crippen LogP contribution in [-0.4, -0.2) is 29.9 Å². The van der Waals surface area contributed by atoms with E-state index >= 15 is 0 Å². The first-order valence-electron chi connectivity index (χ1n) is 11.3. The van der Waals surface area contributed by atoms with Crippen molar-refractivity contribution in [2.75, 3.05) is 7.11 Å². The van der Waals surface area contributed by atoms with E-state index in [1.54, 1.807) is 12.0 Å². The summed E-state index contributed by atoms with van der Waals surface area (Å²) in [4.78, 5) is 28.5. The van der Waals surface area contributed by atoms with Gasteiger partial charge in [-0.25, -0.2) is 0 Å². The summed E-state index contributed by atoms with van der Waals surface area (Å²) < 4.78 is 5.25. The lowest BCUT2D eigenvalue weighted by Gasteiger charge is -2.33. The minimum Gasteiger partial charge on any atom is -0.497 e. The summed E-state index contributed by atoms with van der Waals surface area (Å²) in [5.41, 5.74) is 2.97. The molecule has 2 amide bonds. The van der Waals surface area contributed by atoms with Crippen LogP contribution in [-0.2, 0) is 29.1 Å². The SMILES string of the molecule is COc1ccc(CN(C(=O)C(C)C)C(Cc2ccccc2)C(=O)NCc2ccccc2)cc1. The Kier molecular flexibility index (Phi) is 8.64. The molecule has 172 valence electrons. The summed E-state index contributed by atoms with van der Waals surface area (Å²) in [7, 11) is 1.62. The van der Waals surface area contributed by atoms with Crippen molar-refractivity contribution in [1.29, 1.82) is 0 Å². The smallest absolute Gasteiger partial charge is 0.243 e. The van der Waals surface area contributed by atoms with E-state index in [1.807, 2.05) is 98.8 Å². The number of nitrogens with one attached hydrogen (secondary N) is 1. The van der Waals surface area contributed by atoms with E-state index in [0.29, 0.717) is 19.5 Å². The third-order valence-electron chi connectivity index (χ3n) is 5.55. The Morgan fingerprint density at radius 3 is 1.94 bits per heavy atom. The number of nitrogens with zero attached hydrogens (tertiary/aromatic N) is 1. The second-order valence-corrected chi connectivity index (χ2v) is 8.38. The fourth-order valence-corrected chi connectivity index (χ4v) is 3.69. The molecule has 3 aromatic rings. The zero-order valence-corrected chi connectivity index (χ0v) is 19.5. The van der Waals surface area contributed by atoms with Crippen LogP contribution in [0.3, 0.4) is 0 Å². The molecule has 0 aromatic heterocycles. The molecular formula is C28H32N2O3.